The van der Waals surface area contributed by atoms with Crippen LogP contribution in [0.2, 0.25) is 0 Å². The van der Waals surface area contributed by atoms with Crippen LogP contribution in [-0.4, -0.2) is 29.2 Å². The number of rotatable bonds is 4. The highest BCUT2D eigenvalue weighted by molar-refractivity contribution is 7.99. The minimum atomic E-state index is 0.650. The molecule has 21 heavy (non-hydrogen) atoms. The van der Waals surface area contributed by atoms with Gasteiger partial charge in [0.05, 0.1) is 19.7 Å². The van der Waals surface area contributed by atoms with Crippen LogP contribution in [0.5, 0.6) is 11.5 Å². The van der Waals surface area contributed by atoms with Gasteiger partial charge in [0.15, 0.2) is 11.5 Å². The second-order valence-electron chi connectivity index (χ2n) is 4.17. The fourth-order valence-corrected chi connectivity index (χ4v) is 2.78. The van der Waals surface area contributed by atoms with Crippen molar-refractivity contribution in [3.05, 3.63) is 42.9 Å². The molecule has 0 aliphatic carbocycles. The van der Waals surface area contributed by atoms with E-state index in [-0.39, 0.29) is 0 Å². The first-order chi connectivity index (χ1) is 10.3. The molecule has 0 unspecified atom stereocenters. The Kier molecular flexibility index (Phi) is 3.87. The maximum atomic E-state index is 5.34. The standard InChI is InChI=1S/C15H13N3O2S/c1-19-12-7-10-11(8-13(12)20-2)17-9-18-15(10)21-14-5-3-4-6-16-14/h3-9H,1-2H3. The highest BCUT2D eigenvalue weighted by Gasteiger charge is 2.12. The first-order valence-corrected chi connectivity index (χ1v) is 7.09. The molecule has 0 saturated heterocycles. The minimum Gasteiger partial charge on any atom is -0.493 e. The smallest absolute Gasteiger partial charge is 0.162 e. The van der Waals surface area contributed by atoms with Crippen molar-refractivity contribution in [3.8, 4) is 11.5 Å². The summed E-state index contributed by atoms with van der Waals surface area (Å²) in [5.74, 6) is 1.31. The fourth-order valence-electron chi connectivity index (χ4n) is 1.95. The number of pyridine rings is 1. The Labute approximate surface area is 126 Å². The quantitative estimate of drug-likeness (QED) is 0.690. The average molecular weight is 299 g/mol. The molecular formula is C15H13N3O2S. The third kappa shape index (κ3) is 2.75. The summed E-state index contributed by atoms with van der Waals surface area (Å²) >= 11 is 1.49. The molecule has 106 valence electrons. The number of ether oxygens (including phenoxy) is 2. The van der Waals surface area contributed by atoms with Crippen LogP contribution >= 0.6 is 11.8 Å². The lowest BCUT2D eigenvalue weighted by Crippen LogP contribution is -1.93. The van der Waals surface area contributed by atoms with Crippen LogP contribution < -0.4 is 9.47 Å². The second kappa shape index (κ2) is 5.97. The molecule has 0 N–H and O–H groups in total. The Morgan fingerprint density at radius 1 is 0.952 bits per heavy atom. The molecule has 2 aromatic heterocycles. The first-order valence-electron chi connectivity index (χ1n) is 6.27. The Balaban J connectivity index is 2.10. The van der Waals surface area contributed by atoms with Crippen LogP contribution in [0.15, 0.2) is 52.9 Å². The van der Waals surface area contributed by atoms with Crippen LogP contribution in [0.1, 0.15) is 0 Å². The monoisotopic (exact) mass is 299 g/mol. The van der Waals surface area contributed by atoms with Crippen LogP contribution in [0.4, 0.5) is 0 Å². The van der Waals surface area contributed by atoms with Crippen LogP contribution in [-0.2, 0) is 0 Å². The van der Waals surface area contributed by atoms with E-state index in [4.69, 9.17) is 9.47 Å². The lowest BCUT2D eigenvalue weighted by atomic mass is 10.2. The van der Waals surface area contributed by atoms with Crippen molar-refractivity contribution in [2.75, 3.05) is 14.2 Å². The summed E-state index contributed by atoms with van der Waals surface area (Å²) in [5, 5.41) is 2.62. The molecule has 6 heteroatoms. The van der Waals surface area contributed by atoms with Gasteiger partial charge in [0.25, 0.3) is 0 Å². The van der Waals surface area contributed by atoms with Gasteiger partial charge in [0, 0.05) is 17.6 Å². The molecule has 3 rings (SSSR count). The molecule has 0 aliphatic rings. The Hall–Kier alpha value is -2.34. The topological polar surface area (TPSA) is 57.1 Å². The molecule has 2 heterocycles. The van der Waals surface area contributed by atoms with Gasteiger partial charge in [-0.3, -0.25) is 0 Å². The number of methoxy groups -OCH3 is 2. The zero-order valence-corrected chi connectivity index (χ0v) is 12.4. The lowest BCUT2D eigenvalue weighted by Gasteiger charge is -2.10. The summed E-state index contributed by atoms with van der Waals surface area (Å²) in [7, 11) is 3.22. The number of fused-ring (bicyclic) bond motifs is 1. The van der Waals surface area contributed by atoms with E-state index in [9.17, 15) is 0 Å². The van der Waals surface area contributed by atoms with Crippen molar-refractivity contribution in [3.63, 3.8) is 0 Å². The van der Waals surface area contributed by atoms with Crippen molar-refractivity contribution in [2.24, 2.45) is 0 Å². The molecule has 0 bridgehead atoms. The summed E-state index contributed by atoms with van der Waals surface area (Å²) in [4.78, 5) is 12.9. The average Bonchev–Trinajstić information content (AvgIpc) is 2.55. The molecule has 0 fully saturated rings. The Morgan fingerprint density at radius 2 is 1.76 bits per heavy atom. The van der Waals surface area contributed by atoms with Gasteiger partial charge in [-0.15, -0.1) is 0 Å². The van der Waals surface area contributed by atoms with Crippen molar-refractivity contribution in [2.45, 2.75) is 10.1 Å². The van der Waals surface area contributed by atoms with E-state index < -0.39 is 0 Å². The molecule has 0 amide bonds. The van der Waals surface area contributed by atoms with Crippen molar-refractivity contribution < 1.29 is 9.47 Å². The maximum Gasteiger partial charge on any atom is 0.162 e. The molecule has 0 aliphatic heterocycles. The molecule has 0 radical (unpaired) electrons. The van der Waals surface area contributed by atoms with Crippen molar-refractivity contribution in [1.29, 1.82) is 0 Å². The molecule has 0 atom stereocenters. The van der Waals surface area contributed by atoms with E-state index in [1.165, 1.54) is 11.8 Å². The van der Waals surface area contributed by atoms with Gasteiger partial charge >= 0.3 is 0 Å². The zero-order chi connectivity index (χ0) is 14.7. The molecule has 0 spiro atoms. The van der Waals surface area contributed by atoms with Crippen molar-refractivity contribution >= 4 is 22.7 Å². The fraction of sp³-hybridized carbons (Fsp3) is 0.133. The van der Waals surface area contributed by atoms with E-state index >= 15 is 0 Å². The molecule has 3 aromatic rings. The number of hydrogen-bond donors (Lipinski definition) is 0. The van der Waals surface area contributed by atoms with Gasteiger partial charge < -0.3 is 9.47 Å². The highest BCUT2D eigenvalue weighted by Crippen LogP contribution is 2.36. The predicted octanol–water partition coefficient (Wildman–Crippen LogP) is 3.19. The summed E-state index contributed by atoms with van der Waals surface area (Å²) in [6, 6.07) is 9.51. The van der Waals surface area contributed by atoms with Gasteiger partial charge in [-0.25, -0.2) is 15.0 Å². The molecular weight excluding hydrogens is 286 g/mol. The maximum absolute atomic E-state index is 5.34. The van der Waals surface area contributed by atoms with E-state index in [1.54, 1.807) is 26.7 Å². The minimum absolute atomic E-state index is 0.650. The summed E-state index contributed by atoms with van der Waals surface area (Å²) in [6.45, 7) is 0. The van der Waals surface area contributed by atoms with Gasteiger partial charge in [-0.05, 0) is 30.0 Å². The van der Waals surface area contributed by atoms with Gasteiger partial charge in [0.2, 0.25) is 0 Å². The highest BCUT2D eigenvalue weighted by atomic mass is 32.2. The first kappa shape index (κ1) is 13.6. The normalized spacial score (nSPS) is 10.6. The number of aromatic nitrogens is 3. The molecule has 0 saturated carbocycles. The van der Waals surface area contributed by atoms with Crippen LogP contribution in [0.25, 0.3) is 10.9 Å². The number of benzene rings is 1. The van der Waals surface area contributed by atoms with Crippen LogP contribution in [0, 0.1) is 0 Å². The summed E-state index contributed by atoms with van der Waals surface area (Å²) in [6.07, 6.45) is 3.30. The van der Waals surface area contributed by atoms with Crippen molar-refractivity contribution in [1.82, 2.24) is 15.0 Å². The third-order valence-electron chi connectivity index (χ3n) is 2.94. The Morgan fingerprint density at radius 3 is 2.48 bits per heavy atom. The van der Waals surface area contributed by atoms with Crippen LogP contribution in [0.3, 0.4) is 0 Å². The summed E-state index contributed by atoms with van der Waals surface area (Å²) in [5.41, 5.74) is 0.807. The van der Waals surface area contributed by atoms with E-state index in [0.29, 0.717) is 11.5 Å². The third-order valence-corrected chi connectivity index (χ3v) is 3.91. The predicted molar refractivity (Wildman–Crippen MR) is 81.0 cm³/mol. The van der Waals surface area contributed by atoms with Gasteiger partial charge in [-0.1, -0.05) is 6.07 Å². The SMILES string of the molecule is COc1cc2ncnc(Sc3ccccn3)c2cc1OC. The van der Waals surface area contributed by atoms with Gasteiger partial charge in [0.1, 0.15) is 16.4 Å². The largest absolute Gasteiger partial charge is 0.493 e. The van der Waals surface area contributed by atoms with E-state index in [1.807, 2.05) is 30.3 Å². The number of nitrogens with zero attached hydrogens (tertiary/aromatic N) is 3. The molecule has 1 aromatic carbocycles. The van der Waals surface area contributed by atoms with E-state index in [2.05, 4.69) is 15.0 Å². The molecule has 5 nitrogen and oxygen atoms in total. The lowest BCUT2D eigenvalue weighted by molar-refractivity contribution is 0.355. The Bertz CT molecular complexity index is 765. The van der Waals surface area contributed by atoms with E-state index in [0.717, 1.165) is 21.0 Å². The number of hydrogen-bond acceptors (Lipinski definition) is 6. The zero-order valence-electron chi connectivity index (χ0n) is 11.6. The summed E-state index contributed by atoms with van der Waals surface area (Å²) < 4.78 is 10.6. The van der Waals surface area contributed by atoms with Gasteiger partial charge in [-0.2, -0.15) is 0 Å². The second-order valence-corrected chi connectivity index (χ2v) is 5.18.